The van der Waals surface area contributed by atoms with Crippen molar-refractivity contribution < 1.29 is 19.5 Å². The van der Waals surface area contributed by atoms with E-state index in [1.165, 1.54) is 12.1 Å². The molecule has 1 fully saturated rings. The topological polar surface area (TPSA) is 63.7 Å². The van der Waals surface area contributed by atoms with Gasteiger partial charge < -0.3 is 4.90 Å². The summed E-state index contributed by atoms with van der Waals surface area (Å²) in [7, 11) is 1.82. The van der Waals surface area contributed by atoms with Crippen molar-refractivity contribution >= 4 is 17.3 Å². The van der Waals surface area contributed by atoms with Gasteiger partial charge in [-0.25, -0.2) is 4.39 Å². The van der Waals surface area contributed by atoms with Crippen molar-refractivity contribution in [1.82, 2.24) is 14.9 Å². The second-order valence-electron chi connectivity index (χ2n) is 8.48. The molecule has 0 radical (unpaired) electrons. The lowest BCUT2D eigenvalue weighted by Gasteiger charge is -2.36. The maximum absolute atomic E-state index is 13.2. The van der Waals surface area contributed by atoms with E-state index < -0.39 is 0 Å². The number of hydrogen-bond acceptors (Lipinski definition) is 6. The van der Waals surface area contributed by atoms with Crippen LogP contribution in [0, 0.1) is 5.82 Å². The Kier molecular flexibility index (Phi) is 5.40. The van der Waals surface area contributed by atoms with Crippen LogP contribution in [0.15, 0.2) is 59.9 Å². The molecule has 0 saturated carbocycles. The van der Waals surface area contributed by atoms with Crippen molar-refractivity contribution in [2.45, 2.75) is 6.42 Å². The van der Waals surface area contributed by atoms with Gasteiger partial charge in [0.25, 0.3) is 0 Å². The van der Waals surface area contributed by atoms with Crippen LogP contribution >= 0.6 is 0 Å². The summed E-state index contributed by atoms with van der Waals surface area (Å²) < 4.78 is 13.2. The Labute approximate surface area is 186 Å². The number of quaternary nitrogens is 1. The number of ketones is 2. The number of Topliss-reactive ketones (excluding diaryl/α,β-unsaturated/α-hetero) is 2. The van der Waals surface area contributed by atoms with Crippen LogP contribution in [-0.2, 0) is 0 Å². The number of benzene rings is 2. The average Bonchev–Trinajstić information content (AvgIpc) is 3.15. The molecule has 2 aliphatic heterocycles. The summed E-state index contributed by atoms with van der Waals surface area (Å²) >= 11 is 0. The summed E-state index contributed by atoms with van der Waals surface area (Å²) in [6, 6.07) is 13.7. The third-order valence-electron chi connectivity index (χ3n) is 6.46. The van der Waals surface area contributed by atoms with Crippen molar-refractivity contribution in [2.75, 3.05) is 51.2 Å². The smallest absolute Gasteiger partial charge is 0.217 e. The molecule has 8 heteroatoms. The van der Waals surface area contributed by atoms with Gasteiger partial charge in [-0.15, -0.1) is 5.53 Å². The van der Waals surface area contributed by atoms with E-state index in [0.717, 1.165) is 44.8 Å². The van der Waals surface area contributed by atoms with Crippen LogP contribution in [0.2, 0.25) is 0 Å². The van der Waals surface area contributed by atoms with Crippen molar-refractivity contribution in [2.24, 2.45) is 0 Å². The van der Waals surface area contributed by atoms with Crippen LogP contribution in [-0.4, -0.2) is 72.8 Å². The fourth-order valence-electron chi connectivity index (χ4n) is 4.78. The van der Waals surface area contributed by atoms with Crippen molar-refractivity contribution in [3.8, 4) is 0 Å². The molecule has 5 rings (SSSR count). The highest BCUT2D eigenvalue weighted by Gasteiger charge is 2.44. The van der Waals surface area contributed by atoms with Crippen LogP contribution in [0.5, 0.6) is 0 Å². The number of anilines is 1. The molecule has 0 aromatic heterocycles. The van der Waals surface area contributed by atoms with E-state index in [-0.39, 0.29) is 17.4 Å². The molecular formula is C24H27FN5O2+. The van der Waals surface area contributed by atoms with Crippen molar-refractivity contribution in [3.05, 3.63) is 76.9 Å². The highest BCUT2D eigenvalue weighted by molar-refractivity contribution is 6.26. The first-order chi connectivity index (χ1) is 15.5. The number of halogens is 1. The van der Waals surface area contributed by atoms with Crippen LogP contribution in [0.4, 0.5) is 10.1 Å². The van der Waals surface area contributed by atoms with Crippen LogP contribution in [0.3, 0.4) is 0 Å². The lowest BCUT2D eigenvalue weighted by atomic mass is 9.90. The third kappa shape index (κ3) is 3.65. The Morgan fingerprint density at radius 1 is 0.844 bits per heavy atom. The second-order valence-corrected chi connectivity index (χ2v) is 8.48. The van der Waals surface area contributed by atoms with Gasteiger partial charge >= 0.3 is 0 Å². The van der Waals surface area contributed by atoms with Gasteiger partial charge in [-0.3, -0.25) is 14.5 Å². The van der Waals surface area contributed by atoms with E-state index in [1.807, 2.05) is 29.7 Å². The second kappa shape index (κ2) is 8.37. The Hall–Kier alpha value is -3.23. The SMILES string of the molecule is CN1[NH2+]N(CCCN2CCN(c3ccc(F)cc3)CC2)C2=C1C(=O)c1ccccc1C2=O. The minimum Gasteiger partial charge on any atom is -0.369 e. The zero-order chi connectivity index (χ0) is 22.2. The maximum Gasteiger partial charge on any atom is 0.217 e. The molecule has 32 heavy (non-hydrogen) atoms. The summed E-state index contributed by atoms with van der Waals surface area (Å²) in [5.74, 6) is -0.381. The molecule has 0 atom stereocenters. The van der Waals surface area contributed by atoms with E-state index >= 15 is 0 Å². The van der Waals surface area contributed by atoms with Gasteiger partial charge in [-0.2, -0.15) is 10.0 Å². The molecule has 3 aliphatic rings. The largest absolute Gasteiger partial charge is 0.369 e. The molecule has 2 aromatic rings. The van der Waals surface area contributed by atoms with E-state index in [2.05, 4.69) is 9.80 Å². The molecule has 0 spiro atoms. The summed E-state index contributed by atoms with van der Waals surface area (Å²) in [5, 5.41) is 3.70. The lowest BCUT2D eigenvalue weighted by Crippen LogP contribution is -2.97. The third-order valence-corrected chi connectivity index (χ3v) is 6.46. The quantitative estimate of drug-likeness (QED) is 0.713. The standard InChI is InChI=1S/C24H26FN5O2/c1-27-21-22(24(32)20-6-3-2-5-19(20)23(21)31)30(26-27)12-4-11-28-13-15-29(16-14-28)18-9-7-17(25)8-10-18/h2-3,5-10,26H,4,11-16H2,1H3/p+1. The number of rotatable bonds is 5. The predicted molar refractivity (Wildman–Crippen MR) is 118 cm³/mol. The number of fused-ring (bicyclic) bond motifs is 1. The first-order valence-corrected chi connectivity index (χ1v) is 11.0. The number of piperazine rings is 1. The Morgan fingerprint density at radius 3 is 2.12 bits per heavy atom. The number of nitrogens with zero attached hydrogens (tertiary/aromatic N) is 4. The summed E-state index contributed by atoms with van der Waals surface area (Å²) in [6.45, 7) is 5.31. The Morgan fingerprint density at radius 2 is 1.47 bits per heavy atom. The van der Waals surface area contributed by atoms with Gasteiger partial charge in [0.15, 0.2) is 11.4 Å². The highest BCUT2D eigenvalue weighted by Crippen LogP contribution is 2.29. The average molecular weight is 437 g/mol. The molecular weight excluding hydrogens is 409 g/mol. The maximum atomic E-state index is 13.2. The molecule has 0 amide bonds. The molecule has 1 saturated heterocycles. The molecule has 2 aromatic carbocycles. The molecule has 7 nitrogen and oxygen atoms in total. The summed E-state index contributed by atoms with van der Waals surface area (Å²) in [5.41, 5.74) is 4.86. The van der Waals surface area contributed by atoms with E-state index in [9.17, 15) is 14.0 Å². The fourth-order valence-corrected chi connectivity index (χ4v) is 4.78. The predicted octanol–water partition coefficient (Wildman–Crippen LogP) is 1.27. The summed E-state index contributed by atoms with van der Waals surface area (Å²) in [4.78, 5) is 30.8. The zero-order valence-electron chi connectivity index (χ0n) is 18.1. The summed E-state index contributed by atoms with van der Waals surface area (Å²) in [6.07, 6.45) is 0.890. The minimum absolute atomic E-state index is 0.0799. The number of carbonyl (C=O) groups excluding carboxylic acids is 2. The number of carbonyl (C=O) groups is 2. The molecule has 166 valence electrons. The highest BCUT2D eigenvalue weighted by atomic mass is 19.1. The van der Waals surface area contributed by atoms with Gasteiger partial charge in [0.2, 0.25) is 11.6 Å². The van der Waals surface area contributed by atoms with Crippen molar-refractivity contribution in [3.63, 3.8) is 0 Å². The Bertz CT molecular complexity index is 1080. The van der Waals surface area contributed by atoms with Gasteiger partial charge in [0.05, 0.1) is 13.6 Å². The Balaban J connectivity index is 1.17. The van der Waals surface area contributed by atoms with Crippen LogP contribution in [0.1, 0.15) is 27.1 Å². The molecule has 0 bridgehead atoms. The number of likely N-dealkylation sites (N-methyl/N-ethyl adjacent to an activating group) is 1. The zero-order valence-corrected chi connectivity index (χ0v) is 18.1. The van der Waals surface area contributed by atoms with Gasteiger partial charge in [-0.1, -0.05) is 24.3 Å². The van der Waals surface area contributed by atoms with Gasteiger partial charge in [0, 0.05) is 49.5 Å². The molecule has 1 aliphatic carbocycles. The van der Waals surface area contributed by atoms with Gasteiger partial charge in [-0.05, 0) is 30.7 Å². The molecule has 2 N–H and O–H groups in total. The fraction of sp³-hybridized carbons (Fsp3) is 0.333. The lowest BCUT2D eigenvalue weighted by molar-refractivity contribution is -0.892. The van der Waals surface area contributed by atoms with Crippen LogP contribution < -0.4 is 10.4 Å². The molecule has 0 unspecified atom stereocenters. The minimum atomic E-state index is -0.211. The van der Waals surface area contributed by atoms with Gasteiger partial charge in [0.1, 0.15) is 5.82 Å². The molecule has 2 heterocycles. The van der Waals surface area contributed by atoms with Crippen molar-refractivity contribution in [1.29, 1.82) is 0 Å². The van der Waals surface area contributed by atoms with Crippen LogP contribution in [0.25, 0.3) is 0 Å². The monoisotopic (exact) mass is 436 g/mol. The number of allylic oxidation sites excluding steroid dienone is 2. The first-order valence-electron chi connectivity index (χ1n) is 11.0. The van der Waals surface area contributed by atoms with E-state index in [1.54, 1.807) is 29.3 Å². The van der Waals surface area contributed by atoms with E-state index in [0.29, 0.717) is 29.1 Å². The van der Waals surface area contributed by atoms with E-state index in [4.69, 9.17) is 0 Å². The number of nitrogens with two attached hydrogens (primary N) is 1. The number of hydrogen-bond donors (Lipinski definition) is 1. The first kappa shape index (κ1) is 20.7. The normalized spacial score (nSPS) is 19.0.